The lowest BCUT2D eigenvalue weighted by atomic mass is 9.98. The van der Waals surface area contributed by atoms with E-state index in [1.165, 1.54) is 0 Å². The van der Waals surface area contributed by atoms with Gasteiger partial charge in [0.1, 0.15) is 0 Å². The molecular weight excluding hydrogens is 316 g/mol. The van der Waals surface area contributed by atoms with Gasteiger partial charge in [-0.2, -0.15) is 0 Å². The van der Waals surface area contributed by atoms with Crippen molar-refractivity contribution in [2.24, 2.45) is 5.73 Å². The summed E-state index contributed by atoms with van der Waals surface area (Å²) in [6, 6.07) is 5.64. The van der Waals surface area contributed by atoms with Crippen LogP contribution < -0.4 is 5.73 Å². The number of hydrogen-bond donors (Lipinski definition) is 1. The van der Waals surface area contributed by atoms with Gasteiger partial charge in [-0.1, -0.05) is 11.6 Å². The summed E-state index contributed by atoms with van der Waals surface area (Å²) in [5, 5.41) is 0.572. The van der Waals surface area contributed by atoms with Gasteiger partial charge in [-0.3, -0.25) is 4.79 Å². The third-order valence-electron chi connectivity index (χ3n) is 3.34. The molecule has 1 aliphatic rings. The van der Waals surface area contributed by atoms with Crippen molar-refractivity contribution < 1.29 is 4.79 Å². The molecule has 1 fully saturated rings. The van der Waals surface area contributed by atoms with E-state index in [9.17, 15) is 4.79 Å². The lowest BCUT2D eigenvalue weighted by Gasteiger charge is -2.36. The van der Waals surface area contributed by atoms with Crippen molar-refractivity contribution in [3.63, 3.8) is 0 Å². The summed E-state index contributed by atoms with van der Waals surface area (Å²) in [5.41, 5.74) is 6.53. The van der Waals surface area contributed by atoms with Crippen molar-refractivity contribution in [1.82, 2.24) is 4.90 Å². The first-order valence-corrected chi connectivity index (χ1v) is 7.17. The number of amides is 1. The molecule has 18 heavy (non-hydrogen) atoms. The highest BCUT2D eigenvalue weighted by molar-refractivity contribution is 9.10. The Balaban J connectivity index is 2.23. The molecule has 1 amide bonds. The number of benzene rings is 1. The topological polar surface area (TPSA) is 46.3 Å². The van der Waals surface area contributed by atoms with Gasteiger partial charge in [0.05, 0.1) is 5.56 Å². The Kier molecular flexibility index (Phi) is 4.30. The van der Waals surface area contributed by atoms with Gasteiger partial charge in [-0.05, 0) is 53.9 Å². The van der Waals surface area contributed by atoms with Gasteiger partial charge >= 0.3 is 0 Å². The van der Waals surface area contributed by atoms with Crippen LogP contribution in [0.25, 0.3) is 0 Å². The average Bonchev–Trinajstić information content (AvgIpc) is 2.31. The molecular formula is C13H16BrClN2O. The Bertz CT molecular complexity index is 466. The van der Waals surface area contributed by atoms with Crippen molar-refractivity contribution >= 4 is 33.4 Å². The number of nitrogens with zero attached hydrogens (tertiary/aromatic N) is 1. The number of piperidine rings is 1. The molecule has 0 bridgehead atoms. The van der Waals surface area contributed by atoms with Gasteiger partial charge in [0.25, 0.3) is 5.91 Å². The molecule has 1 aromatic rings. The molecule has 0 aliphatic carbocycles. The highest BCUT2D eigenvalue weighted by Crippen LogP contribution is 2.25. The van der Waals surface area contributed by atoms with Crippen molar-refractivity contribution in [3.05, 3.63) is 33.3 Å². The fourth-order valence-electron chi connectivity index (χ4n) is 2.33. The van der Waals surface area contributed by atoms with Crippen molar-refractivity contribution in [2.75, 3.05) is 6.54 Å². The molecule has 2 atom stereocenters. The van der Waals surface area contributed by atoms with Crippen LogP contribution in [0.4, 0.5) is 0 Å². The minimum atomic E-state index is 0.0174. The molecule has 1 saturated heterocycles. The van der Waals surface area contributed by atoms with Crippen LogP contribution in [0.15, 0.2) is 22.7 Å². The molecule has 98 valence electrons. The van der Waals surface area contributed by atoms with Gasteiger partial charge in [0, 0.05) is 28.1 Å². The van der Waals surface area contributed by atoms with Gasteiger partial charge in [-0.25, -0.2) is 0 Å². The maximum atomic E-state index is 12.5. The SMILES string of the molecule is C[C@@H]1C[C@H](N)CCN1C(=O)c1cc(Cl)ccc1Br. The largest absolute Gasteiger partial charge is 0.336 e. The number of halogens is 2. The van der Waals surface area contributed by atoms with Crippen LogP contribution in [0.1, 0.15) is 30.1 Å². The summed E-state index contributed by atoms with van der Waals surface area (Å²) < 4.78 is 0.777. The lowest BCUT2D eigenvalue weighted by molar-refractivity contribution is 0.0618. The predicted octanol–water partition coefficient (Wildman–Crippen LogP) is 3.05. The zero-order valence-electron chi connectivity index (χ0n) is 10.2. The van der Waals surface area contributed by atoms with Crippen molar-refractivity contribution in [2.45, 2.75) is 31.8 Å². The molecule has 2 N–H and O–H groups in total. The van der Waals surface area contributed by atoms with Crippen LogP contribution in [-0.2, 0) is 0 Å². The van der Waals surface area contributed by atoms with Crippen molar-refractivity contribution in [1.29, 1.82) is 0 Å². The molecule has 0 unspecified atom stereocenters. The fraction of sp³-hybridized carbons (Fsp3) is 0.462. The molecule has 3 nitrogen and oxygen atoms in total. The minimum absolute atomic E-state index is 0.0174. The molecule has 1 aromatic carbocycles. The summed E-state index contributed by atoms with van der Waals surface area (Å²) >= 11 is 9.35. The van der Waals surface area contributed by atoms with Gasteiger partial charge in [-0.15, -0.1) is 0 Å². The Morgan fingerprint density at radius 2 is 2.28 bits per heavy atom. The second-order valence-electron chi connectivity index (χ2n) is 4.76. The molecule has 2 rings (SSSR count). The second kappa shape index (κ2) is 5.59. The molecule has 5 heteroatoms. The van der Waals surface area contributed by atoms with Crippen LogP contribution >= 0.6 is 27.5 Å². The highest BCUT2D eigenvalue weighted by Gasteiger charge is 2.28. The maximum absolute atomic E-state index is 12.5. The van der Waals surface area contributed by atoms with Gasteiger partial charge in [0.2, 0.25) is 0 Å². The summed E-state index contributed by atoms with van der Waals surface area (Å²) in [6.07, 6.45) is 1.71. The number of nitrogens with two attached hydrogens (primary N) is 1. The normalized spacial score (nSPS) is 24.1. The highest BCUT2D eigenvalue weighted by atomic mass is 79.9. The number of carbonyl (C=O) groups excluding carboxylic acids is 1. The third-order valence-corrected chi connectivity index (χ3v) is 4.26. The summed E-state index contributed by atoms with van der Waals surface area (Å²) in [5.74, 6) is 0.0174. The Morgan fingerprint density at radius 1 is 1.56 bits per heavy atom. The fourth-order valence-corrected chi connectivity index (χ4v) is 2.91. The quantitative estimate of drug-likeness (QED) is 0.859. The zero-order chi connectivity index (χ0) is 13.3. The summed E-state index contributed by atoms with van der Waals surface area (Å²) in [4.78, 5) is 14.4. The van der Waals surface area contributed by atoms with Crippen LogP contribution in [0, 0.1) is 0 Å². The molecule has 1 heterocycles. The zero-order valence-corrected chi connectivity index (χ0v) is 12.5. The average molecular weight is 332 g/mol. The number of likely N-dealkylation sites (tertiary alicyclic amines) is 1. The first-order chi connectivity index (χ1) is 8.49. The van der Waals surface area contributed by atoms with E-state index >= 15 is 0 Å². The Morgan fingerprint density at radius 3 is 2.94 bits per heavy atom. The van der Waals surface area contributed by atoms with E-state index in [2.05, 4.69) is 15.9 Å². The standard InChI is InChI=1S/C13H16BrClN2O/c1-8-6-10(16)4-5-17(8)13(18)11-7-9(15)2-3-12(11)14/h2-3,7-8,10H,4-6,16H2,1H3/t8-,10-/m1/s1. The second-order valence-corrected chi connectivity index (χ2v) is 6.05. The third kappa shape index (κ3) is 2.87. The maximum Gasteiger partial charge on any atom is 0.255 e. The van der Waals surface area contributed by atoms with Crippen LogP contribution in [0.3, 0.4) is 0 Å². The first-order valence-electron chi connectivity index (χ1n) is 6.00. The molecule has 1 aliphatic heterocycles. The van der Waals surface area contributed by atoms with Crippen molar-refractivity contribution in [3.8, 4) is 0 Å². The smallest absolute Gasteiger partial charge is 0.255 e. The van der Waals surface area contributed by atoms with E-state index in [1.54, 1.807) is 18.2 Å². The summed E-state index contributed by atoms with van der Waals surface area (Å²) in [7, 11) is 0. The van der Waals surface area contributed by atoms with E-state index in [-0.39, 0.29) is 18.0 Å². The van der Waals surface area contributed by atoms with Crippen LogP contribution in [0.2, 0.25) is 5.02 Å². The number of hydrogen-bond acceptors (Lipinski definition) is 2. The van der Waals surface area contributed by atoms with E-state index in [1.807, 2.05) is 11.8 Å². The predicted molar refractivity (Wildman–Crippen MR) is 76.9 cm³/mol. The molecule has 0 aromatic heterocycles. The van der Waals surface area contributed by atoms with Crippen LogP contribution in [0.5, 0.6) is 0 Å². The van der Waals surface area contributed by atoms with Crippen LogP contribution in [-0.4, -0.2) is 29.4 Å². The molecule has 0 saturated carbocycles. The first kappa shape index (κ1) is 13.8. The van der Waals surface area contributed by atoms with Gasteiger partial charge < -0.3 is 10.6 Å². The minimum Gasteiger partial charge on any atom is -0.336 e. The van der Waals surface area contributed by atoms with E-state index in [0.29, 0.717) is 17.1 Å². The molecule has 0 radical (unpaired) electrons. The summed E-state index contributed by atoms with van der Waals surface area (Å²) in [6.45, 7) is 2.75. The molecule has 0 spiro atoms. The van der Waals surface area contributed by atoms with Gasteiger partial charge in [0.15, 0.2) is 0 Å². The monoisotopic (exact) mass is 330 g/mol. The van der Waals surface area contributed by atoms with E-state index in [4.69, 9.17) is 17.3 Å². The number of carbonyl (C=O) groups is 1. The Hall–Kier alpha value is -0.580. The lowest BCUT2D eigenvalue weighted by Crippen LogP contribution is -2.48. The van der Waals surface area contributed by atoms with E-state index < -0.39 is 0 Å². The van der Waals surface area contributed by atoms with E-state index in [0.717, 1.165) is 17.3 Å². The number of rotatable bonds is 1. The Labute approximate surface area is 120 Å².